The van der Waals surface area contributed by atoms with Crippen LogP contribution >= 0.6 is 0 Å². The van der Waals surface area contributed by atoms with Crippen molar-refractivity contribution in [2.24, 2.45) is 11.8 Å². The molecule has 1 amide bonds. The van der Waals surface area contributed by atoms with Crippen molar-refractivity contribution < 1.29 is 4.79 Å². The molecule has 3 fully saturated rings. The zero-order valence-corrected chi connectivity index (χ0v) is 15.9. The molecule has 2 bridgehead atoms. The lowest BCUT2D eigenvalue weighted by molar-refractivity contribution is 0.0496. The van der Waals surface area contributed by atoms with Crippen molar-refractivity contribution in [1.82, 2.24) is 9.80 Å². The minimum absolute atomic E-state index is 0.183. The molecule has 5 rings (SSSR count). The molecule has 0 aromatic heterocycles. The first-order valence-electron chi connectivity index (χ1n) is 10.5. The molecule has 2 aliphatic carbocycles. The van der Waals surface area contributed by atoms with Gasteiger partial charge in [-0.3, -0.25) is 9.69 Å². The van der Waals surface area contributed by atoms with E-state index in [1.165, 1.54) is 31.2 Å². The number of nitrogens with zero attached hydrogens (tertiary/aromatic N) is 2. The summed E-state index contributed by atoms with van der Waals surface area (Å²) in [5, 5.41) is 0. The van der Waals surface area contributed by atoms with E-state index in [0.29, 0.717) is 0 Å². The van der Waals surface area contributed by atoms with Crippen LogP contribution in [-0.4, -0.2) is 47.9 Å². The van der Waals surface area contributed by atoms with Crippen LogP contribution in [0.5, 0.6) is 0 Å². The van der Waals surface area contributed by atoms with Crippen molar-refractivity contribution in [1.29, 1.82) is 0 Å². The van der Waals surface area contributed by atoms with Gasteiger partial charge in [-0.25, -0.2) is 0 Å². The molecule has 1 aliphatic heterocycles. The number of hydrogen-bond donors (Lipinski definition) is 0. The molecule has 0 unspecified atom stereocenters. The van der Waals surface area contributed by atoms with Crippen molar-refractivity contribution in [2.75, 3.05) is 26.2 Å². The summed E-state index contributed by atoms with van der Waals surface area (Å²) >= 11 is 0. The summed E-state index contributed by atoms with van der Waals surface area (Å²) < 4.78 is 0. The van der Waals surface area contributed by atoms with Crippen molar-refractivity contribution in [2.45, 2.75) is 31.7 Å². The summed E-state index contributed by atoms with van der Waals surface area (Å²) in [6.45, 7) is 3.82. The Morgan fingerprint density at radius 3 is 2.11 bits per heavy atom. The molecular formula is C24H28N2O. The first-order chi connectivity index (χ1) is 13.3. The number of carbonyl (C=O) groups excluding carboxylic acids is 1. The van der Waals surface area contributed by atoms with Gasteiger partial charge in [0.15, 0.2) is 0 Å². The summed E-state index contributed by atoms with van der Waals surface area (Å²) in [5.74, 6) is 2.10. The van der Waals surface area contributed by atoms with Crippen LogP contribution in [0.15, 0.2) is 54.6 Å². The Kier molecular flexibility index (Phi) is 4.48. The molecule has 3 nitrogen and oxygen atoms in total. The lowest BCUT2D eigenvalue weighted by Crippen LogP contribution is -2.53. The van der Waals surface area contributed by atoms with E-state index in [4.69, 9.17) is 0 Å². The Labute approximate surface area is 162 Å². The van der Waals surface area contributed by atoms with Gasteiger partial charge in [0.2, 0.25) is 0 Å². The van der Waals surface area contributed by atoms with Gasteiger partial charge in [0.25, 0.3) is 5.91 Å². The topological polar surface area (TPSA) is 23.6 Å². The van der Waals surface area contributed by atoms with Crippen LogP contribution in [0.4, 0.5) is 0 Å². The molecule has 2 aromatic carbocycles. The van der Waals surface area contributed by atoms with E-state index in [2.05, 4.69) is 29.2 Å². The van der Waals surface area contributed by atoms with Crippen molar-refractivity contribution in [3.05, 3.63) is 60.2 Å². The van der Waals surface area contributed by atoms with Gasteiger partial charge in [-0.1, -0.05) is 48.9 Å². The smallest absolute Gasteiger partial charge is 0.253 e. The van der Waals surface area contributed by atoms with E-state index < -0.39 is 0 Å². The average molecular weight is 361 g/mol. The van der Waals surface area contributed by atoms with Gasteiger partial charge in [0.05, 0.1) is 0 Å². The highest BCUT2D eigenvalue weighted by Gasteiger charge is 2.42. The van der Waals surface area contributed by atoms with Gasteiger partial charge in [-0.15, -0.1) is 0 Å². The molecule has 0 spiro atoms. The molecule has 2 saturated carbocycles. The van der Waals surface area contributed by atoms with Crippen molar-refractivity contribution in [3.63, 3.8) is 0 Å². The Balaban J connectivity index is 1.21. The first kappa shape index (κ1) is 17.0. The predicted molar refractivity (Wildman–Crippen MR) is 109 cm³/mol. The largest absolute Gasteiger partial charge is 0.336 e. The van der Waals surface area contributed by atoms with Gasteiger partial charge in [0.1, 0.15) is 0 Å². The van der Waals surface area contributed by atoms with Crippen LogP contribution in [0.3, 0.4) is 0 Å². The Morgan fingerprint density at radius 2 is 1.48 bits per heavy atom. The molecule has 1 saturated heterocycles. The van der Waals surface area contributed by atoms with Crippen LogP contribution in [0.2, 0.25) is 0 Å². The fourth-order valence-electron chi connectivity index (χ4n) is 5.53. The van der Waals surface area contributed by atoms with Gasteiger partial charge in [0, 0.05) is 37.8 Å². The van der Waals surface area contributed by atoms with E-state index in [-0.39, 0.29) is 5.91 Å². The quantitative estimate of drug-likeness (QED) is 0.815. The number of fused-ring (bicyclic) bond motifs is 2. The third-order valence-corrected chi connectivity index (χ3v) is 7.01. The minimum Gasteiger partial charge on any atom is -0.336 e. The van der Waals surface area contributed by atoms with E-state index >= 15 is 0 Å². The number of benzene rings is 2. The summed E-state index contributed by atoms with van der Waals surface area (Å²) in [4.78, 5) is 17.6. The molecule has 2 aromatic rings. The van der Waals surface area contributed by atoms with Gasteiger partial charge < -0.3 is 4.90 Å². The molecule has 0 radical (unpaired) electrons. The number of carbonyl (C=O) groups is 1. The van der Waals surface area contributed by atoms with E-state index in [0.717, 1.165) is 55.2 Å². The zero-order chi connectivity index (χ0) is 18.2. The molecule has 27 heavy (non-hydrogen) atoms. The SMILES string of the molecule is O=C(c1ccc(-c2ccccc2)cc1)N1CCN([C@@H]2C[C@H]3CC[C@H]2C3)CC1. The Hall–Kier alpha value is -2.13. The van der Waals surface area contributed by atoms with Gasteiger partial charge in [-0.2, -0.15) is 0 Å². The maximum Gasteiger partial charge on any atom is 0.253 e. The van der Waals surface area contributed by atoms with Crippen LogP contribution in [0, 0.1) is 11.8 Å². The fraction of sp³-hybridized carbons (Fsp3) is 0.458. The fourth-order valence-corrected chi connectivity index (χ4v) is 5.53. The Bertz CT molecular complexity index is 793. The van der Waals surface area contributed by atoms with E-state index in [9.17, 15) is 4.79 Å². The van der Waals surface area contributed by atoms with E-state index in [1.807, 2.05) is 35.2 Å². The molecule has 1 heterocycles. The second-order valence-electron chi connectivity index (χ2n) is 8.51. The van der Waals surface area contributed by atoms with Crippen LogP contribution < -0.4 is 0 Å². The molecule has 3 aliphatic rings. The highest BCUT2D eigenvalue weighted by molar-refractivity contribution is 5.94. The second kappa shape index (κ2) is 7.12. The number of hydrogen-bond acceptors (Lipinski definition) is 2. The second-order valence-corrected chi connectivity index (χ2v) is 8.51. The lowest BCUT2D eigenvalue weighted by Gasteiger charge is -2.41. The first-order valence-corrected chi connectivity index (χ1v) is 10.5. The molecular weight excluding hydrogens is 332 g/mol. The molecule has 0 N–H and O–H groups in total. The standard InChI is InChI=1S/C24H28N2O/c27-24(21-10-8-20(9-11-21)19-4-2-1-3-5-19)26-14-12-25(13-15-26)23-17-18-6-7-22(23)16-18/h1-5,8-11,18,22-23H,6-7,12-17H2/t18-,22-,23+/m0/s1. The summed E-state index contributed by atoms with van der Waals surface area (Å²) in [7, 11) is 0. The number of amides is 1. The number of rotatable bonds is 3. The molecule has 140 valence electrons. The zero-order valence-electron chi connectivity index (χ0n) is 15.9. The normalized spacial score (nSPS) is 27.9. The third kappa shape index (κ3) is 3.29. The highest BCUT2D eigenvalue weighted by atomic mass is 16.2. The lowest BCUT2D eigenvalue weighted by atomic mass is 9.93. The maximum atomic E-state index is 12.9. The summed E-state index contributed by atoms with van der Waals surface area (Å²) in [6.07, 6.45) is 5.75. The summed E-state index contributed by atoms with van der Waals surface area (Å²) in [6, 6.07) is 19.2. The monoisotopic (exact) mass is 360 g/mol. The summed E-state index contributed by atoms with van der Waals surface area (Å²) in [5.41, 5.74) is 3.16. The number of piperazine rings is 1. The van der Waals surface area contributed by atoms with Crippen molar-refractivity contribution >= 4 is 5.91 Å². The highest BCUT2D eigenvalue weighted by Crippen LogP contribution is 2.46. The van der Waals surface area contributed by atoms with Crippen molar-refractivity contribution in [3.8, 4) is 11.1 Å². The third-order valence-electron chi connectivity index (χ3n) is 7.01. The van der Waals surface area contributed by atoms with Gasteiger partial charge >= 0.3 is 0 Å². The minimum atomic E-state index is 0.183. The Morgan fingerprint density at radius 1 is 0.778 bits per heavy atom. The van der Waals surface area contributed by atoms with E-state index in [1.54, 1.807) is 0 Å². The molecule has 3 atom stereocenters. The predicted octanol–water partition coefficient (Wildman–Crippen LogP) is 4.30. The molecule has 3 heteroatoms. The van der Waals surface area contributed by atoms with Gasteiger partial charge in [-0.05, 0) is 54.4 Å². The average Bonchev–Trinajstić information content (AvgIpc) is 3.38. The van der Waals surface area contributed by atoms with Crippen LogP contribution in [0.25, 0.3) is 11.1 Å². The van der Waals surface area contributed by atoms with Crippen LogP contribution in [-0.2, 0) is 0 Å². The van der Waals surface area contributed by atoms with Crippen LogP contribution in [0.1, 0.15) is 36.0 Å². The maximum absolute atomic E-state index is 12.9.